The van der Waals surface area contributed by atoms with Crippen molar-refractivity contribution in [1.29, 1.82) is 0 Å². The van der Waals surface area contributed by atoms with Gasteiger partial charge in [0.2, 0.25) is 23.6 Å². The van der Waals surface area contributed by atoms with Crippen LogP contribution in [-0.4, -0.2) is 71.1 Å². The van der Waals surface area contributed by atoms with Gasteiger partial charge in [-0.25, -0.2) is 0 Å². The van der Waals surface area contributed by atoms with Crippen LogP contribution < -0.4 is 27.4 Å². The Kier molecular flexibility index (Phi) is 11.4. The zero-order valence-electron chi connectivity index (χ0n) is 15.9. The van der Waals surface area contributed by atoms with E-state index in [1.54, 1.807) is 13.8 Å². The number of aliphatic carboxylic acids is 1. The van der Waals surface area contributed by atoms with Crippen LogP contribution in [0.15, 0.2) is 0 Å². The molecule has 0 rings (SSSR count). The van der Waals surface area contributed by atoms with E-state index in [2.05, 4.69) is 16.0 Å². The molecule has 0 saturated heterocycles. The van der Waals surface area contributed by atoms with Crippen molar-refractivity contribution in [3.63, 3.8) is 0 Å². The monoisotopic (exact) mass is 403 g/mol. The molecule has 9 N–H and O–H groups in total. The van der Waals surface area contributed by atoms with Crippen LogP contribution in [0.2, 0.25) is 0 Å². The zero-order chi connectivity index (χ0) is 21.9. The number of rotatable bonds is 13. The molecule has 0 aliphatic heterocycles. The molecule has 28 heavy (non-hydrogen) atoms. The number of nitrogens with one attached hydrogen (secondary N) is 3. The number of hydrogen-bond acceptors (Lipinski definition) is 7. The number of carboxylic acids is 1. The SMILES string of the molecule is CC(C)CC(NC(=O)C(CO)NC(=O)C(N)CCC(N)=O)C(=O)NCC(=O)O. The summed E-state index contributed by atoms with van der Waals surface area (Å²) in [5.74, 6) is -4.20. The number of aliphatic hydroxyl groups is 1. The smallest absolute Gasteiger partial charge is 0.322 e. The highest BCUT2D eigenvalue weighted by atomic mass is 16.4. The lowest BCUT2D eigenvalue weighted by atomic mass is 10.0. The lowest BCUT2D eigenvalue weighted by Crippen LogP contribution is -2.57. The van der Waals surface area contributed by atoms with Gasteiger partial charge < -0.3 is 37.6 Å². The summed E-state index contributed by atoms with van der Waals surface area (Å²) < 4.78 is 0. The minimum absolute atomic E-state index is 0.00901. The van der Waals surface area contributed by atoms with Crippen molar-refractivity contribution in [2.24, 2.45) is 17.4 Å². The third-order valence-electron chi connectivity index (χ3n) is 3.61. The largest absolute Gasteiger partial charge is 0.480 e. The fourth-order valence-electron chi connectivity index (χ4n) is 2.16. The molecule has 3 atom stereocenters. The Morgan fingerprint density at radius 2 is 1.54 bits per heavy atom. The number of hydrogen-bond donors (Lipinski definition) is 7. The van der Waals surface area contributed by atoms with E-state index in [1.807, 2.05) is 0 Å². The number of nitrogens with two attached hydrogens (primary N) is 2. The second kappa shape index (κ2) is 12.6. The first-order valence-corrected chi connectivity index (χ1v) is 8.72. The highest BCUT2D eigenvalue weighted by Crippen LogP contribution is 2.06. The van der Waals surface area contributed by atoms with E-state index < -0.39 is 60.9 Å². The highest BCUT2D eigenvalue weighted by Gasteiger charge is 2.28. The summed E-state index contributed by atoms with van der Waals surface area (Å²) in [4.78, 5) is 57.7. The van der Waals surface area contributed by atoms with Crippen molar-refractivity contribution in [3.8, 4) is 0 Å². The first kappa shape index (κ1) is 25.3. The maximum Gasteiger partial charge on any atom is 0.322 e. The standard InChI is InChI=1S/C16H29N5O7/c1-8(2)5-10(15(27)19-6-13(24)25)20-16(28)11(7-22)21-14(26)9(17)3-4-12(18)23/h8-11,22H,3-7,17H2,1-2H3,(H2,18,23)(H,19,27)(H,20,28)(H,21,26)(H,24,25). The van der Waals surface area contributed by atoms with Crippen molar-refractivity contribution in [3.05, 3.63) is 0 Å². The van der Waals surface area contributed by atoms with Gasteiger partial charge >= 0.3 is 5.97 Å². The minimum atomic E-state index is -1.38. The van der Waals surface area contributed by atoms with Crippen LogP contribution >= 0.6 is 0 Å². The third kappa shape index (κ3) is 10.4. The summed E-state index contributed by atoms with van der Waals surface area (Å²) in [5.41, 5.74) is 10.6. The molecular formula is C16H29N5O7. The molecule has 12 nitrogen and oxygen atoms in total. The van der Waals surface area contributed by atoms with Crippen LogP contribution in [0.4, 0.5) is 0 Å². The van der Waals surface area contributed by atoms with Crippen molar-refractivity contribution in [2.75, 3.05) is 13.2 Å². The van der Waals surface area contributed by atoms with Crippen LogP contribution in [0.5, 0.6) is 0 Å². The van der Waals surface area contributed by atoms with Gasteiger partial charge in [0.25, 0.3) is 0 Å². The molecule has 12 heteroatoms. The van der Waals surface area contributed by atoms with E-state index in [1.165, 1.54) is 0 Å². The Morgan fingerprint density at radius 3 is 2.00 bits per heavy atom. The molecule has 0 aromatic heterocycles. The van der Waals surface area contributed by atoms with Gasteiger partial charge in [0.05, 0.1) is 12.6 Å². The molecule has 0 fully saturated rings. The molecule has 0 aromatic rings. The van der Waals surface area contributed by atoms with E-state index in [9.17, 15) is 29.1 Å². The van der Waals surface area contributed by atoms with Gasteiger partial charge in [-0.15, -0.1) is 0 Å². The number of carbonyl (C=O) groups excluding carboxylic acids is 4. The Hall–Kier alpha value is -2.73. The molecular weight excluding hydrogens is 374 g/mol. The van der Waals surface area contributed by atoms with E-state index in [-0.39, 0.29) is 25.2 Å². The molecule has 0 aliphatic carbocycles. The molecule has 0 saturated carbocycles. The summed E-state index contributed by atoms with van der Waals surface area (Å²) >= 11 is 0. The van der Waals surface area contributed by atoms with E-state index in [4.69, 9.17) is 16.6 Å². The van der Waals surface area contributed by atoms with Crippen LogP contribution in [0, 0.1) is 5.92 Å². The lowest BCUT2D eigenvalue weighted by molar-refractivity contribution is -0.138. The summed E-state index contributed by atoms with van der Waals surface area (Å²) in [6.45, 7) is 2.23. The molecule has 0 radical (unpaired) electrons. The molecule has 160 valence electrons. The number of carboxylic acid groups (broad SMARTS) is 1. The second-order valence-corrected chi connectivity index (χ2v) is 6.66. The van der Waals surface area contributed by atoms with Crippen molar-refractivity contribution < 1.29 is 34.2 Å². The van der Waals surface area contributed by atoms with Gasteiger partial charge in [0.1, 0.15) is 18.6 Å². The van der Waals surface area contributed by atoms with Gasteiger partial charge in [-0.2, -0.15) is 0 Å². The molecule has 0 spiro atoms. The van der Waals surface area contributed by atoms with Gasteiger partial charge in [-0.1, -0.05) is 13.8 Å². The Balaban J connectivity index is 4.93. The quantitative estimate of drug-likeness (QED) is 0.166. The third-order valence-corrected chi connectivity index (χ3v) is 3.61. The molecule has 0 aliphatic rings. The average Bonchev–Trinajstić information content (AvgIpc) is 2.60. The minimum Gasteiger partial charge on any atom is -0.480 e. The van der Waals surface area contributed by atoms with Crippen LogP contribution in [0.3, 0.4) is 0 Å². The number of aliphatic hydroxyl groups excluding tert-OH is 1. The lowest BCUT2D eigenvalue weighted by Gasteiger charge is -2.23. The Bertz CT molecular complexity index is 582. The Labute approximate surface area is 162 Å². The number of carbonyl (C=O) groups is 5. The van der Waals surface area contributed by atoms with Crippen LogP contribution in [0.25, 0.3) is 0 Å². The predicted molar refractivity (Wildman–Crippen MR) is 97.5 cm³/mol. The molecule has 4 amide bonds. The maximum absolute atomic E-state index is 12.3. The summed E-state index contributed by atoms with van der Waals surface area (Å²) in [6, 6.07) is -3.55. The van der Waals surface area contributed by atoms with E-state index >= 15 is 0 Å². The van der Waals surface area contributed by atoms with Crippen molar-refractivity contribution >= 4 is 29.6 Å². The summed E-state index contributed by atoms with van der Waals surface area (Å²) in [5, 5.41) is 24.8. The van der Waals surface area contributed by atoms with Gasteiger partial charge in [0.15, 0.2) is 0 Å². The van der Waals surface area contributed by atoms with Crippen LogP contribution in [0.1, 0.15) is 33.1 Å². The fourth-order valence-corrected chi connectivity index (χ4v) is 2.16. The van der Waals surface area contributed by atoms with E-state index in [0.717, 1.165) is 0 Å². The van der Waals surface area contributed by atoms with Gasteiger partial charge in [0, 0.05) is 6.42 Å². The highest BCUT2D eigenvalue weighted by molar-refractivity contribution is 5.93. The average molecular weight is 403 g/mol. The molecule has 0 aromatic carbocycles. The maximum atomic E-state index is 12.3. The number of amides is 4. The molecule has 0 heterocycles. The summed E-state index contributed by atoms with van der Waals surface area (Å²) in [6.07, 6.45) is 0.0563. The van der Waals surface area contributed by atoms with Gasteiger partial charge in [-0.05, 0) is 18.8 Å². The fraction of sp³-hybridized carbons (Fsp3) is 0.688. The first-order chi connectivity index (χ1) is 13.0. The molecule has 3 unspecified atom stereocenters. The van der Waals surface area contributed by atoms with Crippen molar-refractivity contribution in [1.82, 2.24) is 16.0 Å². The first-order valence-electron chi connectivity index (χ1n) is 8.72. The number of primary amides is 1. The topological polar surface area (TPSA) is 214 Å². The second-order valence-electron chi connectivity index (χ2n) is 6.66. The Morgan fingerprint density at radius 1 is 0.964 bits per heavy atom. The zero-order valence-corrected chi connectivity index (χ0v) is 15.9. The summed E-state index contributed by atoms with van der Waals surface area (Å²) in [7, 11) is 0. The molecule has 0 bridgehead atoms. The van der Waals surface area contributed by atoms with Crippen molar-refractivity contribution in [2.45, 2.75) is 51.2 Å². The normalized spacial score (nSPS) is 13.9. The van der Waals surface area contributed by atoms with E-state index in [0.29, 0.717) is 0 Å². The predicted octanol–water partition coefficient (Wildman–Crippen LogP) is -3.21. The van der Waals surface area contributed by atoms with Crippen LogP contribution in [-0.2, 0) is 24.0 Å². The van der Waals surface area contributed by atoms with Gasteiger partial charge in [-0.3, -0.25) is 24.0 Å².